The van der Waals surface area contributed by atoms with E-state index < -0.39 is 0 Å². The third kappa shape index (κ3) is 5.47. The fourth-order valence-electron chi connectivity index (χ4n) is 2.69. The topological polar surface area (TPSA) is 21.3 Å². The van der Waals surface area contributed by atoms with Gasteiger partial charge in [-0.1, -0.05) is 24.6 Å². The normalized spacial score (nSPS) is 20.2. The third-order valence-corrected chi connectivity index (χ3v) is 4.95. The fraction of sp³-hybridized carbons (Fsp3) is 0.647. The van der Waals surface area contributed by atoms with Crippen molar-refractivity contribution in [3.8, 4) is 0 Å². The molecule has 2 unspecified atom stereocenters. The van der Waals surface area contributed by atoms with Gasteiger partial charge in [0, 0.05) is 23.3 Å². The molecule has 0 bridgehead atoms. The van der Waals surface area contributed by atoms with Crippen LogP contribution in [0.2, 0.25) is 0 Å². The number of hydrogen-bond acceptors (Lipinski definition) is 3. The maximum absolute atomic E-state index is 5.73. The van der Waals surface area contributed by atoms with Crippen LogP contribution in [-0.4, -0.2) is 31.1 Å². The van der Waals surface area contributed by atoms with Crippen LogP contribution in [0, 0.1) is 6.92 Å². The second-order valence-corrected chi connectivity index (χ2v) is 6.69. The number of aryl methyl sites for hydroxylation is 1. The van der Waals surface area contributed by atoms with Crippen LogP contribution in [0.3, 0.4) is 0 Å². The van der Waals surface area contributed by atoms with Crippen molar-refractivity contribution < 1.29 is 4.74 Å². The summed E-state index contributed by atoms with van der Waals surface area (Å²) >= 11 is 1.96. The summed E-state index contributed by atoms with van der Waals surface area (Å²) in [5.74, 6) is 1.14. The van der Waals surface area contributed by atoms with Crippen LogP contribution in [0.1, 0.15) is 38.2 Å². The van der Waals surface area contributed by atoms with E-state index in [1.807, 2.05) is 11.8 Å². The van der Waals surface area contributed by atoms with Gasteiger partial charge in [0.15, 0.2) is 0 Å². The second kappa shape index (κ2) is 8.71. The van der Waals surface area contributed by atoms with Crippen molar-refractivity contribution in [1.82, 2.24) is 5.32 Å². The molecule has 0 spiro atoms. The summed E-state index contributed by atoms with van der Waals surface area (Å²) in [6.45, 7) is 6.36. The van der Waals surface area contributed by atoms with Gasteiger partial charge >= 0.3 is 0 Å². The summed E-state index contributed by atoms with van der Waals surface area (Å²) < 4.78 is 5.73. The number of hydrogen-bond donors (Lipinski definition) is 1. The van der Waals surface area contributed by atoms with Crippen LogP contribution in [0.4, 0.5) is 0 Å². The van der Waals surface area contributed by atoms with E-state index in [9.17, 15) is 0 Å². The highest BCUT2D eigenvalue weighted by Crippen LogP contribution is 2.23. The van der Waals surface area contributed by atoms with Gasteiger partial charge in [0.1, 0.15) is 0 Å². The summed E-state index contributed by atoms with van der Waals surface area (Å²) in [5, 5.41) is 3.62. The molecule has 20 heavy (non-hydrogen) atoms. The summed E-state index contributed by atoms with van der Waals surface area (Å²) in [7, 11) is 0. The van der Waals surface area contributed by atoms with E-state index in [4.69, 9.17) is 4.74 Å². The van der Waals surface area contributed by atoms with Crippen molar-refractivity contribution >= 4 is 11.8 Å². The van der Waals surface area contributed by atoms with E-state index in [1.165, 1.54) is 36.1 Å². The summed E-state index contributed by atoms with van der Waals surface area (Å²) in [6.07, 6.45) is 5.43. The fourth-order valence-corrected chi connectivity index (χ4v) is 3.82. The number of rotatable bonds is 8. The van der Waals surface area contributed by atoms with E-state index in [-0.39, 0.29) is 0 Å². The molecule has 1 heterocycles. The molecular formula is C17H27NOS. The molecule has 3 heteroatoms. The molecular weight excluding hydrogens is 266 g/mol. The van der Waals surface area contributed by atoms with Gasteiger partial charge in [-0.2, -0.15) is 0 Å². The average molecular weight is 293 g/mol. The zero-order chi connectivity index (χ0) is 14.2. The number of ether oxygens (including phenoxy) is 1. The summed E-state index contributed by atoms with van der Waals surface area (Å²) in [6, 6.07) is 9.37. The van der Waals surface area contributed by atoms with Crippen molar-refractivity contribution in [3.63, 3.8) is 0 Å². The Labute approximate surface area is 127 Å². The number of thioether (sulfide) groups is 1. The van der Waals surface area contributed by atoms with Crippen molar-refractivity contribution in [2.45, 2.75) is 56.6 Å². The van der Waals surface area contributed by atoms with E-state index >= 15 is 0 Å². The van der Waals surface area contributed by atoms with E-state index in [0.717, 1.165) is 18.9 Å². The molecule has 1 aromatic rings. The molecule has 1 aliphatic rings. The zero-order valence-electron chi connectivity index (χ0n) is 12.7. The van der Waals surface area contributed by atoms with Crippen LogP contribution >= 0.6 is 11.8 Å². The highest BCUT2D eigenvalue weighted by atomic mass is 32.2. The number of nitrogens with one attached hydrogen (secondary N) is 1. The van der Waals surface area contributed by atoms with Crippen molar-refractivity contribution in [1.29, 1.82) is 0 Å². The smallest absolute Gasteiger partial charge is 0.0576 e. The Bertz CT molecular complexity index is 390. The second-order valence-electron chi connectivity index (χ2n) is 5.59. The number of benzene rings is 1. The first kappa shape index (κ1) is 15.9. The van der Waals surface area contributed by atoms with Gasteiger partial charge in [0.2, 0.25) is 0 Å². The van der Waals surface area contributed by atoms with Crippen molar-refractivity contribution in [3.05, 3.63) is 29.8 Å². The molecule has 2 rings (SSSR count). The van der Waals surface area contributed by atoms with Crippen LogP contribution in [0.25, 0.3) is 0 Å². The van der Waals surface area contributed by atoms with Crippen LogP contribution in [0.15, 0.2) is 29.2 Å². The van der Waals surface area contributed by atoms with Gasteiger partial charge in [-0.25, -0.2) is 0 Å². The van der Waals surface area contributed by atoms with Gasteiger partial charge in [0.05, 0.1) is 6.10 Å². The minimum atomic E-state index is 0.514. The minimum absolute atomic E-state index is 0.514. The zero-order valence-corrected chi connectivity index (χ0v) is 13.5. The SMILES string of the molecule is CCNC(CCC1CCCO1)CSc1cccc(C)c1. The molecule has 1 aromatic carbocycles. The first-order valence-electron chi connectivity index (χ1n) is 7.82. The van der Waals surface area contributed by atoms with Gasteiger partial charge in [-0.05, 0) is 51.3 Å². The van der Waals surface area contributed by atoms with Crippen LogP contribution < -0.4 is 5.32 Å². The predicted molar refractivity (Wildman–Crippen MR) is 87.6 cm³/mol. The van der Waals surface area contributed by atoms with Crippen molar-refractivity contribution in [2.75, 3.05) is 18.9 Å². The Morgan fingerprint density at radius 1 is 1.45 bits per heavy atom. The monoisotopic (exact) mass is 293 g/mol. The van der Waals surface area contributed by atoms with E-state index in [1.54, 1.807) is 0 Å². The third-order valence-electron chi connectivity index (χ3n) is 3.79. The first-order chi connectivity index (χ1) is 9.78. The molecule has 1 saturated heterocycles. The van der Waals surface area contributed by atoms with Crippen LogP contribution in [0.5, 0.6) is 0 Å². The lowest BCUT2D eigenvalue weighted by Gasteiger charge is -2.19. The summed E-state index contributed by atoms with van der Waals surface area (Å²) in [5.41, 5.74) is 1.34. The molecule has 1 fully saturated rings. The Kier molecular flexibility index (Phi) is 6.91. The maximum Gasteiger partial charge on any atom is 0.0576 e. The Balaban J connectivity index is 1.75. The van der Waals surface area contributed by atoms with Gasteiger partial charge in [-0.3, -0.25) is 0 Å². The Morgan fingerprint density at radius 3 is 3.05 bits per heavy atom. The highest BCUT2D eigenvalue weighted by molar-refractivity contribution is 7.99. The predicted octanol–water partition coefficient (Wildman–Crippen LogP) is 4.02. The minimum Gasteiger partial charge on any atom is -0.378 e. The standard InChI is InChI=1S/C17H27NOS/c1-3-18-15(9-10-16-7-5-11-19-16)13-20-17-8-4-6-14(2)12-17/h4,6,8,12,15-16,18H,3,5,7,9-11,13H2,1-2H3. The molecule has 0 aromatic heterocycles. The van der Waals surface area contributed by atoms with Gasteiger partial charge in [-0.15, -0.1) is 11.8 Å². The maximum atomic E-state index is 5.73. The van der Waals surface area contributed by atoms with E-state index in [2.05, 4.69) is 43.4 Å². The average Bonchev–Trinajstić information content (AvgIpc) is 2.95. The summed E-state index contributed by atoms with van der Waals surface area (Å²) in [4.78, 5) is 1.38. The molecule has 1 aliphatic heterocycles. The molecule has 0 aliphatic carbocycles. The molecule has 0 saturated carbocycles. The molecule has 2 atom stereocenters. The Hall–Kier alpha value is -0.510. The van der Waals surface area contributed by atoms with Crippen LogP contribution in [-0.2, 0) is 4.74 Å². The molecule has 112 valence electrons. The lowest BCUT2D eigenvalue weighted by molar-refractivity contribution is 0.100. The van der Waals surface area contributed by atoms with Gasteiger partial charge in [0.25, 0.3) is 0 Å². The molecule has 2 nitrogen and oxygen atoms in total. The largest absolute Gasteiger partial charge is 0.378 e. The lowest BCUT2D eigenvalue weighted by atomic mass is 10.1. The van der Waals surface area contributed by atoms with Gasteiger partial charge < -0.3 is 10.1 Å². The molecule has 1 N–H and O–H groups in total. The molecule has 0 amide bonds. The quantitative estimate of drug-likeness (QED) is 0.731. The lowest BCUT2D eigenvalue weighted by Crippen LogP contribution is -2.32. The van der Waals surface area contributed by atoms with Crippen molar-refractivity contribution in [2.24, 2.45) is 0 Å². The van der Waals surface area contributed by atoms with E-state index in [0.29, 0.717) is 12.1 Å². The Morgan fingerprint density at radius 2 is 2.35 bits per heavy atom. The first-order valence-corrected chi connectivity index (χ1v) is 8.81. The highest BCUT2D eigenvalue weighted by Gasteiger charge is 2.17. The molecule has 0 radical (unpaired) electrons.